The van der Waals surface area contributed by atoms with Crippen LogP contribution in [0.3, 0.4) is 0 Å². The van der Waals surface area contributed by atoms with Crippen LogP contribution in [0.4, 0.5) is 0 Å². The van der Waals surface area contributed by atoms with E-state index < -0.39 is 5.41 Å². The van der Waals surface area contributed by atoms with Gasteiger partial charge in [0.05, 0.1) is 5.41 Å². The molecule has 3 heteroatoms. The van der Waals surface area contributed by atoms with Crippen LogP contribution in [0.2, 0.25) is 0 Å². The first-order valence-electron chi connectivity index (χ1n) is 8.07. The van der Waals surface area contributed by atoms with Crippen molar-refractivity contribution in [1.29, 1.82) is 0 Å². The van der Waals surface area contributed by atoms with Gasteiger partial charge in [-0.05, 0) is 63.8 Å². The van der Waals surface area contributed by atoms with Crippen molar-refractivity contribution >= 4 is 11.6 Å². The molecule has 0 saturated heterocycles. The van der Waals surface area contributed by atoms with E-state index in [0.29, 0.717) is 0 Å². The number of carbonyl (C=O) groups is 2. The zero-order valence-corrected chi connectivity index (χ0v) is 13.9. The monoisotopic (exact) mass is 289 g/mol. The number of carbonyl (C=O) groups excluding carboxylic acids is 2. The number of Topliss-reactive ketones (excluding diaryl/α,β-unsaturated/α-hetero) is 1. The van der Waals surface area contributed by atoms with Crippen molar-refractivity contribution in [3.8, 4) is 0 Å². The van der Waals surface area contributed by atoms with E-state index in [1.54, 1.807) is 6.08 Å². The number of hydrogen-bond acceptors (Lipinski definition) is 3. The number of ketones is 2. The zero-order valence-electron chi connectivity index (χ0n) is 13.9. The van der Waals surface area contributed by atoms with Gasteiger partial charge < -0.3 is 5.32 Å². The first-order valence-corrected chi connectivity index (χ1v) is 8.07. The summed E-state index contributed by atoms with van der Waals surface area (Å²) in [6, 6.07) is 0.131. The Hall–Kier alpha value is -1.22. The molecule has 2 rings (SSSR count). The second-order valence-corrected chi connectivity index (χ2v) is 6.60. The van der Waals surface area contributed by atoms with E-state index in [1.165, 1.54) is 5.57 Å². The van der Waals surface area contributed by atoms with Gasteiger partial charge in [-0.15, -0.1) is 0 Å². The lowest BCUT2D eigenvalue weighted by atomic mass is 9.56. The van der Waals surface area contributed by atoms with Crippen LogP contribution in [0.15, 0.2) is 22.8 Å². The Morgan fingerprint density at radius 2 is 1.95 bits per heavy atom. The average molecular weight is 289 g/mol. The highest BCUT2D eigenvalue weighted by Gasteiger charge is 2.55. The summed E-state index contributed by atoms with van der Waals surface area (Å²) in [6.45, 7) is 10.9. The molecular weight excluding hydrogens is 262 g/mol. The summed E-state index contributed by atoms with van der Waals surface area (Å²) in [6.07, 6.45) is 4.50. The fraction of sp³-hybridized carbons (Fsp3) is 0.667. The Labute approximate surface area is 127 Å². The minimum absolute atomic E-state index is 0.00394. The van der Waals surface area contributed by atoms with Crippen LogP contribution >= 0.6 is 0 Å². The second kappa shape index (κ2) is 5.88. The zero-order chi connectivity index (χ0) is 15.8. The van der Waals surface area contributed by atoms with Gasteiger partial charge >= 0.3 is 0 Å². The lowest BCUT2D eigenvalue weighted by molar-refractivity contribution is -0.140. The van der Waals surface area contributed by atoms with Crippen molar-refractivity contribution in [1.82, 2.24) is 5.32 Å². The molecule has 0 fully saturated rings. The summed E-state index contributed by atoms with van der Waals surface area (Å²) in [7, 11) is 0. The summed E-state index contributed by atoms with van der Waals surface area (Å²) in [4.78, 5) is 25.4. The largest absolute Gasteiger partial charge is 0.310 e. The van der Waals surface area contributed by atoms with E-state index in [9.17, 15) is 9.59 Å². The Kier molecular flexibility index (Phi) is 4.52. The van der Waals surface area contributed by atoms with E-state index >= 15 is 0 Å². The highest BCUT2D eigenvalue weighted by atomic mass is 16.2. The fourth-order valence-corrected chi connectivity index (χ4v) is 3.74. The van der Waals surface area contributed by atoms with Gasteiger partial charge in [0, 0.05) is 12.0 Å². The molecule has 1 N–H and O–H groups in total. The normalized spacial score (nSPS) is 33.1. The average Bonchev–Trinajstić information content (AvgIpc) is 2.48. The predicted molar refractivity (Wildman–Crippen MR) is 85.1 cm³/mol. The molecule has 3 unspecified atom stereocenters. The minimum Gasteiger partial charge on any atom is -0.310 e. The van der Waals surface area contributed by atoms with Crippen molar-refractivity contribution in [3.05, 3.63) is 22.8 Å². The molecule has 0 heterocycles. The fourth-order valence-electron chi connectivity index (χ4n) is 3.74. The summed E-state index contributed by atoms with van der Waals surface area (Å²) in [5.74, 6) is 0.0689. The molecule has 3 atom stereocenters. The summed E-state index contributed by atoms with van der Waals surface area (Å²) < 4.78 is 0. The highest BCUT2D eigenvalue weighted by Crippen LogP contribution is 2.48. The smallest absolute Gasteiger partial charge is 0.172 e. The Morgan fingerprint density at radius 1 is 1.29 bits per heavy atom. The third-order valence-electron chi connectivity index (χ3n) is 5.41. The molecule has 0 aromatic carbocycles. The maximum Gasteiger partial charge on any atom is 0.172 e. The van der Waals surface area contributed by atoms with Crippen molar-refractivity contribution < 1.29 is 9.59 Å². The van der Waals surface area contributed by atoms with Gasteiger partial charge in [0.25, 0.3) is 0 Å². The SMILES string of the molecule is CCCNC1C(C)=C(C)C(=O)C2(C)C(=O)C=C(CC)CC12. The lowest BCUT2D eigenvalue weighted by Gasteiger charge is -2.47. The van der Waals surface area contributed by atoms with E-state index in [2.05, 4.69) is 19.2 Å². The van der Waals surface area contributed by atoms with Gasteiger partial charge in [0.2, 0.25) is 0 Å². The molecule has 0 radical (unpaired) electrons. The molecule has 0 saturated carbocycles. The van der Waals surface area contributed by atoms with Gasteiger partial charge in [0.1, 0.15) is 0 Å². The molecule has 0 aliphatic heterocycles. The molecule has 2 aliphatic rings. The van der Waals surface area contributed by atoms with Crippen LogP contribution in [-0.4, -0.2) is 24.2 Å². The second-order valence-electron chi connectivity index (χ2n) is 6.60. The minimum atomic E-state index is -0.881. The molecule has 0 spiro atoms. The van der Waals surface area contributed by atoms with Gasteiger partial charge in [-0.25, -0.2) is 0 Å². The number of hydrogen-bond donors (Lipinski definition) is 1. The maximum atomic E-state index is 12.8. The molecule has 0 amide bonds. The quantitative estimate of drug-likeness (QED) is 0.808. The third-order valence-corrected chi connectivity index (χ3v) is 5.41. The standard InChI is InChI=1S/C18H27NO2/c1-6-8-19-16-11(3)12(4)17(21)18(5)14(16)9-13(7-2)10-15(18)20/h10,14,16,19H,6-9H2,1-5H3. The predicted octanol–water partition coefficient (Wildman–Crippen LogP) is 3.21. The van der Waals surface area contributed by atoms with Gasteiger partial charge in [-0.1, -0.05) is 19.4 Å². The maximum absolute atomic E-state index is 12.8. The highest BCUT2D eigenvalue weighted by molar-refractivity contribution is 6.19. The molecule has 0 aromatic heterocycles. The third kappa shape index (κ3) is 2.42. The number of allylic oxidation sites excluding steroid dienone is 3. The Balaban J connectivity index is 2.50. The van der Waals surface area contributed by atoms with E-state index in [0.717, 1.165) is 37.0 Å². The topological polar surface area (TPSA) is 46.2 Å². The molecule has 116 valence electrons. The Bertz CT molecular complexity index is 529. The molecule has 0 bridgehead atoms. The molecule has 0 aromatic rings. The molecule has 3 nitrogen and oxygen atoms in total. The van der Waals surface area contributed by atoms with Crippen molar-refractivity contribution in [2.24, 2.45) is 11.3 Å². The van der Waals surface area contributed by atoms with Crippen LogP contribution in [0.25, 0.3) is 0 Å². The van der Waals surface area contributed by atoms with E-state index in [1.807, 2.05) is 20.8 Å². The van der Waals surface area contributed by atoms with Gasteiger partial charge in [-0.2, -0.15) is 0 Å². The first kappa shape index (κ1) is 16.2. The first-order chi connectivity index (χ1) is 9.87. The van der Waals surface area contributed by atoms with Crippen molar-refractivity contribution in [2.75, 3.05) is 6.54 Å². The number of rotatable bonds is 4. The van der Waals surface area contributed by atoms with Crippen molar-refractivity contribution in [2.45, 2.75) is 59.9 Å². The summed E-state index contributed by atoms with van der Waals surface area (Å²) in [5, 5.41) is 3.57. The van der Waals surface area contributed by atoms with E-state index in [4.69, 9.17) is 0 Å². The number of nitrogens with one attached hydrogen (secondary N) is 1. The van der Waals surface area contributed by atoms with Crippen LogP contribution in [0, 0.1) is 11.3 Å². The molecular formula is C18H27NO2. The van der Waals surface area contributed by atoms with Crippen molar-refractivity contribution in [3.63, 3.8) is 0 Å². The molecule has 21 heavy (non-hydrogen) atoms. The van der Waals surface area contributed by atoms with E-state index in [-0.39, 0.29) is 23.5 Å². The summed E-state index contributed by atoms with van der Waals surface area (Å²) >= 11 is 0. The van der Waals surface area contributed by atoms with Gasteiger partial charge in [-0.3, -0.25) is 9.59 Å². The number of fused-ring (bicyclic) bond motifs is 1. The van der Waals surface area contributed by atoms with Crippen LogP contribution in [0.1, 0.15) is 53.9 Å². The van der Waals surface area contributed by atoms with Gasteiger partial charge in [0.15, 0.2) is 11.6 Å². The Morgan fingerprint density at radius 3 is 2.52 bits per heavy atom. The summed E-state index contributed by atoms with van der Waals surface area (Å²) in [5.41, 5.74) is 2.17. The lowest BCUT2D eigenvalue weighted by Crippen LogP contribution is -2.57. The van der Waals surface area contributed by atoms with Crippen LogP contribution < -0.4 is 5.32 Å². The molecule has 2 aliphatic carbocycles. The van der Waals surface area contributed by atoms with Crippen LogP contribution in [-0.2, 0) is 9.59 Å². The van der Waals surface area contributed by atoms with Crippen LogP contribution in [0.5, 0.6) is 0 Å².